The number of halogens is 2. The zero-order valence-corrected chi connectivity index (χ0v) is 17.8. The first-order valence-corrected chi connectivity index (χ1v) is 10.8. The summed E-state index contributed by atoms with van der Waals surface area (Å²) in [5, 5.41) is 0.101. The van der Waals surface area contributed by atoms with Crippen LogP contribution in [0.5, 0.6) is 0 Å². The molecule has 0 bridgehead atoms. The van der Waals surface area contributed by atoms with Crippen molar-refractivity contribution in [2.45, 2.75) is 25.7 Å². The van der Waals surface area contributed by atoms with Gasteiger partial charge in [0, 0.05) is 19.6 Å². The normalized spacial score (nSPS) is 11.3. The molecule has 5 nitrogen and oxygen atoms in total. The molecular weight excluding hydrogens is 407 g/mol. The van der Waals surface area contributed by atoms with Crippen LogP contribution in [0.1, 0.15) is 31.1 Å². The Labute approximate surface area is 170 Å². The van der Waals surface area contributed by atoms with Crippen molar-refractivity contribution in [1.29, 1.82) is 0 Å². The fraction of sp³-hybridized carbons (Fsp3) is 0.316. The molecule has 2 rings (SSSR count). The van der Waals surface area contributed by atoms with Gasteiger partial charge in [0.15, 0.2) is 0 Å². The largest absolute Gasteiger partial charge is 0.339 e. The van der Waals surface area contributed by atoms with E-state index in [0.717, 1.165) is 0 Å². The van der Waals surface area contributed by atoms with Crippen LogP contribution in [0, 0.1) is 0 Å². The maximum absolute atomic E-state index is 13.3. The van der Waals surface area contributed by atoms with Crippen LogP contribution >= 0.6 is 23.2 Å². The van der Waals surface area contributed by atoms with E-state index in [1.807, 2.05) is 13.8 Å². The number of sulfonamides is 1. The predicted molar refractivity (Wildman–Crippen MR) is 110 cm³/mol. The molecule has 0 spiro atoms. The van der Waals surface area contributed by atoms with Crippen molar-refractivity contribution in [2.75, 3.05) is 23.9 Å². The molecule has 146 valence electrons. The molecule has 0 aliphatic rings. The number of amides is 1. The number of rotatable bonds is 7. The van der Waals surface area contributed by atoms with Gasteiger partial charge in [0.25, 0.3) is 15.9 Å². The molecule has 0 aliphatic carbocycles. The summed E-state index contributed by atoms with van der Waals surface area (Å²) in [7, 11) is -3.97. The lowest BCUT2D eigenvalue weighted by molar-refractivity contribution is 0.0773. The topological polar surface area (TPSA) is 57.7 Å². The van der Waals surface area contributed by atoms with Gasteiger partial charge in [0.05, 0.1) is 21.3 Å². The Balaban J connectivity index is 2.60. The van der Waals surface area contributed by atoms with Gasteiger partial charge < -0.3 is 4.90 Å². The fourth-order valence-electron chi connectivity index (χ4n) is 2.78. The number of nitrogens with zero attached hydrogens (tertiary/aromatic N) is 2. The highest BCUT2D eigenvalue weighted by molar-refractivity contribution is 7.93. The third kappa shape index (κ3) is 4.39. The number of hydrogen-bond donors (Lipinski definition) is 0. The second kappa shape index (κ2) is 8.95. The summed E-state index contributed by atoms with van der Waals surface area (Å²) in [4.78, 5) is 14.1. The zero-order chi connectivity index (χ0) is 20.2. The highest BCUT2D eigenvalue weighted by atomic mass is 35.5. The molecular formula is C19H22Cl2N2O3S. The van der Waals surface area contributed by atoms with E-state index in [-0.39, 0.29) is 33.0 Å². The van der Waals surface area contributed by atoms with Crippen molar-refractivity contribution in [3.8, 4) is 0 Å². The zero-order valence-electron chi connectivity index (χ0n) is 15.4. The van der Waals surface area contributed by atoms with Crippen molar-refractivity contribution in [2.24, 2.45) is 0 Å². The van der Waals surface area contributed by atoms with Crippen LogP contribution in [0.4, 0.5) is 5.69 Å². The molecule has 0 aromatic heterocycles. The Morgan fingerprint density at radius 1 is 0.926 bits per heavy atom. The van der Waals surface area contributed by atoms with E-state index < -0.39 is 10.0 Å². The second-order valence-corrected chi connectivity index (χ2v) is 8.39. The number of carbonyl (C=O) groups excluding carboxylic acids is 1. The Hall–Kier alpha value is -1.76. The standard InChI is InChI=1S/C19H22Cl2N2O3S/c1-4-22(5-2)19(24)15-12-18(17(21)13-16(15)20)27(25,26)23(6-3)14-10-8-7-9-11-14/h7-13H,4-6H2,1-3H3. The van der Waals surface area contributed by atoms with Gasteiger partial charge in [-0.3, -0.25) is 9.10 Å². The third-order valence-electron chi connectivity index (χ3n) is 4.20. The summed E-state index contributed by atoms with van der Waals surface area (Å²) >= 11 is 12.4. The molecule has 0 unspecified atom stereocenters. The smallest absolute Gasteiger partial charge is 0.265 e. The SMILES string of the molecule is CCN(CC)C(=O)c1cc(S(=O)(=O)N(CC)c2ccccc2)c(Cl)cc1Cl. The van der Waals surface area contributed by atoms with Gasteiger partial charge in [-0.25, -0.2) is 8.42 Å². The van der Waals surface area contributed by atoms with Crippen LogP contribution in [0.2, 0.25) is 10.0 Å². The minimum absolute atomic E-state index is 0.0227. The summed E-state index contributed by atoms with van der Waals surface area (Å²) in [5.41, 5.74) is 0.634. The molecule has 0 heterocycles. The van der Waals surface area contributed by atoms with Crippen LogP contribution < -0.4 is 4.31 Å². The average molecular weight is 429 g/mol. The number of hydrogen-bond acceptors (Lipinski definition) is 3. The van der Waals surface area contributed by atoms with Gasteiger partial charge >= 0.3 is 0 Å². The number of benzene rings is 2. The average Bonchev–Trinajstić information content (AvgIpc) is 2.63. The fourth-order valence-corrected chi connectivity index (χ4v) is 5.08. The Kier molecular flexibility index (Phi) is 7.14. The lowest BCUT2D eigenvalue weighted by Gasteiger charge is -2.24. The molecule has 2 aromatic carbocycles. The van der Waals surface area contributed by atoms with Gasteiger partial charge in [-0.05, 0) is 45.0 Å². The van der Waals surface area contributed by atoms with Gasteiger partial charge in [0.1, 0.15) is 4.90 Å². The molecule has 0 N–H and O–H groups in total. The Morgan fingerprint density at radius 3 is 2.04 bits per heavy atom. The van der Waals surface area contributed by atoms with Crippen LogP contribution in [-0.4, -0.2) is 38.9 Å². The number of carbonyl (C=O) groups is 1. The molecule has 0 fully saturated rings. The molecule has 0 radical (unpaired) electrons. The minimum atomic E-state index is -3.97. The monoisotopic (exact) mass is 428 g/mol. The van der Waals surface area contributed by atoms with Gasteiger partial charge in [0.2, 0.25) is 0 Å². The summed E-state index contributed by atoms with van der Waals surface area (Å²) in [6.07, 6.45) is 0. The van der Waals surface area contributed by atoms with E-state index in [4.69, 9.17) is 23.2 Å². The van der Waals surface area contributed by atoms with Crippen LogP contribution in [0.25, 0.3) is 0 Å². The van der Waals surface area contributed by atoms with E-state index in [1.54, 1.807) is 42.2 Å². The van der Waals surface area contributed by atoms with Crippen LogP contribution in [-0.2, 0) is 10.0 Å². The van der Waals surface area contributed by atoms with Gasteiger partial charge in [-0.15, -0.1) is 0 Å². The van der Waals surface area contributed by atoms with Gasteiger partial charge in [-0.2, -0.15) is 0 Å². The van der Waals surface area contributed by atoms with E-state index >= 15 is 0 Å². The van der Waals surface area contributed by atoms with Crippen LogP contribution in [0.3, 0.4) is 0 Å². The molecule has 1 amide bonds. The summed E-state index contributed by atoms with van der Waals surface area (Å²) in [5.74, 6) is -0.333. The minimum Gasteiger partial charge on any atom is -0.339 e. The maximum atomic E-state index is 13.3. The predicted octanol–water partition coefficient (Wildman–Crippen LogP) is 4.69. The maximum Gasteiger partial charge on any atom is 0.265 e. The highest BCUT2D eigenvalue weighted by Gasteiger charge is 2.29. The lowest BCUT2D eigenvalue weighted by Crippen LogP contribution is -2.32. The summed E-state index contributed by atoms with van der Waals surface area (Å²) in [6.45, 7) is 6.61. The van der Waals surface area contributed by atoms with Crippen molar-refractivity contribution in [3.05, 3.63) is 58.1 Å². The first-order chi connectivity index (χ1) is 12.8. The molecule has 0 atom stereocenters. The van der Waals surface area contributed by atoms with Crippen LogP contribution in [0.15, 0.2) is 47.4 Å². The molecule has 2 aromatic rings. The second-order valence-electron chi connectivity index (χ2n) is 5.75. The lowest BCUT2D eigenvalue weighted by atomic mass is 10.2. The van der Waals surface area contributed by atoms with Crippen molar-refractivity contribution in [3.63, 3.8) is 0 Å². The van der Waals surface area contributed by atoms with E-state index in [9.17, 15) is 13.2 Å². The Bertz CT molecular complexity index is 914. The highest BCUT2D eigenvalue weighted by Crippen LogP contribution is 2.33. The van der Waals surface area contributed by atoms with Crippen molar-refractivity contribution in [1.82, 2.24) is 4.90 Å². The van der Waals surface area contributed by atoms with E-state index in [2.05, 4.69) is 0 Å². The summed E-state index contributed by atoms with van der Waals surface area (Å²) in [6, 6.07) is 11.3. The molecule has 0 aliphatic heterocycles. The number of para-hydroxylation sites is 1. The van der Waals surface area contributed by atoms with Crippen molar-refractivity contribution >= 4 is 44.8 Å². The third-order valence-corrected chi connectivity index (χ3v) is 6.88. The molecule has 8 heteroatoms. The quantitative estimate of drug-likeness (QED) is 0.642. The van der Waals surface area contributed by atoms with Crippen molar-refractivity contribution < 1.29 is 13.2 Å². The van der Waals surface area contributed by atoms with E-state index in [0.29, 0.717) is 18.8 Å². The molecule has 0 saturated heterocycles. The number of anilines is 1. The Morgan fingerprint density at radius 2 is 1.52 bits per heavy atom. The summed E-state index contributed by atoms with van der Waals surface area (Å²) < 4.78 is 27.8. The molecule has 27 heavy (non-hydrogen) atoms. The van der Waals surface area contributed by atoms with Gasteiger partial charge in [-0.1, -0.05) is 41.4 Å². The first kappa shape index (κ1) is 21.5. The molecule has 0 saturated carbocycles. The van der Waals surface area contributed by atoms with E-state index in [1.165, 1.54) is 16.4 Å². The first-order valence-electron chi connectivity index (χ1n) is 8.63.